The smallest absolute Gasteiger partial charge is 0.383 e. The first-order valence-corrected chi connectivity index (χ1v) is 8.95. The van der Waals surface area contributed by atoms with Crippen LogP contribution in [0.3, 0.4) is 0 Å². The van der Waals surface area contributed by atoms with Crippen molar-refractivity contribution in [3.8, 4) is 6.07 Å². The highest BCUT2D eigenvalue weighted by Crippen LogP contribution is 2.45. The molecule has 0 radical (unpaired) electrons. The molecule has 1 aliphatic carbocycles. The summed E-state index contributed by atoms with van der Waals surface area (Å²) in [5.41, 5.74) is 7.69. The Morgan fingerprint density at radius 2 is 1.81 bits per heavy atom. The van der Waals surface area contributed by atoms with Gasteiger partial charge in [-0.2, -0.15) is 23.5 Å². The maximum Gasteiger partial charge on any atom is 0.394 e. The fourth-order valence-corrected chi connectivity index (χ4v) is 3.35. The number of aromatic nitrogens is 2. The van der Waals surface area contributed by atoms with Crippen molar-refractivity contribution in [1.29, 1.82) is 5.26 Å². The zero-order chi connectivity index (χ0) is 20.0. The lowest BCUT2D eigenvalue weighted by Crippen LogP contribution is -2.18. The average Bonchev–Trinajstić information content (AvgIpc) is 3.33. The second-order valence-electron chi connectivity index (χ2n) is 8.21. The van der Waals surface area contributed by atoms with Crippen LogP contribution in [-0.4, -0.2) is 16.0 Å². The molecular weight excluding hydrogens is 353 g/mol. The minimum Gasteiger partial charge on any atom is -0.383 e. The molecule has 1 unspecified atom stereocenters. The van der Waals surface area contributed by atoms with E-state index in [4.69, 9.17) is 5.73 Å². The maximum atomic E-state index is 12.9. The number of halogens is 3. The van der Waals surface area contributed by atoms with E-state index in [0.29, 0.717) is 0 Å². The third-order valence-electron chi connectivity index (χ3n) is 4.95. The minimum atomic E-state index is -4.44. The summed E-state index contributed by atoms with van der Waals surface area (Å²) in [6.45, 7) is 6.36. The van der Waals surface area contributed by atoms with Gasteiger partial charge in [0.2, 0.25) is 0 Å². The Balaban J connectivity index is 2.03. The second kappa shape index (κ2) is 6.59. The number of nitrogen functional groups attached to an aromatic ring is 1. The first-order chi connectivity index (χ1) is 12.5. The Bertz CT molecular complexity index is 863. The molecule has 0 saturated heterocycles. The molecule has 1 aliphatic rings. The van der Waals surface area contributed by atoms with E-state index in [1.165, 1.54) is 10.2 Å². The van der Waals surface area contributed by atoms with Gasteiger partial charge in [-0.25, -0.2) is 4.68 Å². The lowest BCUT2D eigenvalue weighted by atomic mass is 9.86. The van der Waals surface area contributed by atoms with E-state index in [0.717, 1.165) is 18.4 Å². The lowest BCUT2D eigenvalue weighted by Gasteiger charge is -2.22. The van der Waals surface area contributed by atoms with Gasteiger partial charge in [-0.05, 0) is 35.3 Å². The Hall–Kier alpha value is -2.49. The highest BCUT2D eigenvalue weighted by atomic mass is 19.4. The topological polar surface area (TPSA) is 67.6 Å². The molecule has 0 aliphatic heterocycles. The van der Waals surface area contributed by atoms with E-state index in [9.17, 15) is 18.4 Å². The molecule has 144 valence electrons. The first kappa shape index (κ1) is 19.3. The molecule has 1 fully saturated rings. The van der Waals surface area contributed by atoms with Gasteiger partial charge in [-0.1, -0.05) is 45.0 Å². The number of nitrogens with zero attached hydrogens (tertiary/aromatic N) is 3. The monoisotopic (exact) mass is 376 g/mol. The van der Waals surface area contributed by atoms with Crippen molar-refractivity contribution in [2.75, 3.05) is 5.73 Å². The number of rotatable bonds is 4. The highest BCUT2D eigenvalue weighted by Gasteiger charge is 2.38. The van der Waals surface area contributed by atoms with Gasteiger partial charge in [0, 0.05) is 0 Å². The predicted octanol–water partition coefficient (Wildman–Crippen LogP) is 4.74. The van der Waals surface area contributed by atoms with Crippen molar-refractivity contribution in [1.82, 2.24) is 9.78 Å². The van der Waals surface area contributed by atoms with Crippen molar-refractivity contribution >= 4 is 5.82 Å². The third kappa shape index (κ3) is 4.10. The molecule has 1 saturated carbocycles. The van der Waals surface area contributed by atoms with Crippen LogP contribution in [0, 0.1) is 17.2 Å². The van der Waals surface area contributed by atoms with Crippen LogP contribution in [0.5, 0.6) is 0 Å². The Kier molecular flexibility index (Phi) is 4.71. The van der Waals surface area contributed by atoms with Crippen LogP contribution in [0.4, 0.5) is 19.0 Å². The molecule has 0 spiro atoms. The average molecular weight is 376 g/mol. The standard InChI is InChI=1S/C20H23F3N4/c1-19(2,3)14-8-6-13(7-9-14)17(12-4-5-12)27-18(25)15(11-24)16(26-27)10-20(21,22)23/h6-9,12,17H,4-5,10,25H2,1-3H3. The summed E-state index contributed by atoms with van der Waals surface area (Å²) in [6, 6.07) is 9.58. The summed E-state index contributed by atoms with van der Waals surface area (Å²) in [5.74, 6) is 0.270. The van der Waals surface area contributed by atoms with Crippen molar-refractivity contribution in [2.24, 2.45) is 5.92 Å². The first-order valence-electron chi connectivity index (χ1n) is 8.95. The summed E-state index contributed by atoms with van der Waals surface area (Å²) in [5, 5.41) is 13.4. The SMILES string of the molecule is CC(C)(C)c1ccc(C(C2CC2)n2nc(CC(F)(F)F)c(C#N)c2N)cc1. The van der Waals surface area contributed by atoms with Gasteiger partial charge in [0.15, 0.2) is 0 Å². The molecule has 3 rings (SSSR count). The van der Waals surface area contributed by atoms with Gasteiger partial charge in [-0.3, -0.25) is 0 Å². The summed E-state index contributed by atoms with van der Waals surface area (Å²) >= 11 is 0. The van der Waals surface area contributed by atoms with E-state index >= 15 is 0 Å². The molecule has 2 aromatic rings. The quantitative estimate of drug-likeness (QED) is 0.838. The summed E-state index contributed by atoms with van der Waals surface area (Å²) in [4.78, 5) is 0. The van der Waals surface area contributed by atoms with Gasteiger partial charge in [-0.15, -0.1) is 0 Å². The van der Waals surface area contributed by atoms with Crippen LogP contribution < -0.4 is 5.73 Å². The Morgan fingerprint density at radius 1 is 1.22 bits per heavy atom. The summed E-state index contributed by atoms with van der Waals surface area (Å²) < 4.78 is 40.0. The van der Waals surface area contributed by atoms with Crippen molar-refractivity contribution < 1.29 is 13.2 Å². The third-order valence-corrected chi connectivity index (χ3v) is 4.95. The van der Waals surface area contributed by atoms with Crippen LogP contribution in [0.25, 0.3) is 0 Å². The van der Waals surface area contributed by atoms with Crippen molar-refractivity contribution in [2.45, 2.75) is 57.7 Å². The number of anilines is 1. The fraction of sp³-hybridized carbons (Fsp3) is 0.500. The zero-order valence-electron chi connectivity index (χ0n) is 15.6. The zero-order valence-corrected chi connectivity index (χ0v) is 15.6. The molecule has 0 bridgehead atoms. The predicted molar refractivity (Wildman–Crippen MR) is 97.1 cm³/mol. The normalized spacial score (nSPS) is 16.2. The molecule has 1 atom stereocenters. The Morgan fingerprint density at radius 3 is 2.26 bits per heavy atom. The number of nitriles is 1. The lowest BCUT2D eigenvalue weighted by molar-refractivity contribution is -0.127. The molecule has 7 heteroatoms. The number of hydrogen-bond donors (Lipinski definition) is 1. The second-order valence-corrected chi connectivity index (χ2v) is 8.21. The van der Waals surface area contributed by atoms with Gasteiger partial charge >= 0.3 is 6.18 Å². The van der Waals surface area contributed by atoms with E-state index in [2.05, 4.69) is 25.9 Å². The maximum absolute atomic E-state index is 12.9. The fourth-order valence-electron chi connectivity index (χ4n) is 3.35. The Labute approximate surface area is 156 Å². The van der Waals surface area contributed by atoms with Crippen LogP contribution in [0.1, 0.15) is 62.0 Å². The highest BCUT2D eigenvalue weighted by molar-refractivity contribution is 5.53. The summed E-state index contributed by atoms with van der Waals surface area (Å²) in [7, 11) is 0. The molecule has 0 amide bonds. The van der Waals surface area contributed by atoms with Crippen LogP contribution in [0.2, 0.25) is 0 Å². The molecule has 4 nitrogen and oxygen atoms in total. The van der Waals surface area contributed by atoms with Gasteiger partial charge < -0.3 is 5.73 Å². The minimum absolute atomic E-state index is 0.00614. The molecule has 1 aromatic heterocycles. The van der Waals surface area contributed by atoms with Gasteiger partial charge in [0.1, 0.15) is 17.5 Å². The number of nitrogens with two attached hydrogens (primary N) is 1. The van der Waals surface area contributed by atoms with E-state index in [-0.39, 0.29) is 34.4 Å². The van der Waals surface area contributed by atoms with E-state index < -0.39 is 12.6 Å². The molecule has 1 aromatic carbocycles. The van der Waals surface area contributed by atoms with E-state index in [1.54, 1.807) is 6.07 Å². The molecular formula is C20H23F3N4. The van der Waals surface area contributed by atoms with Gasteiger partial charge in [0.05, 0.1) is 18.2 Å². The van der Waals surface area contributed by atoms with Crippen molar-refractivity contribution in [3.05, 3.63) is 46.6 Å². The summed E-state index contributed by atoms with van der Waals surface area (Å²) in [6.07, 6.45) is -3.78. The number of benzene rings is 1. The van der Waals surface area contributed by atoms with Crippen LogP contribution in [-0.2, 0) is 11.8 Å². The molecule has 2 N–H and O–H groups in total. The number of hydrogen-bond acceptors (Lipinski definition) is 3. The number of alkyl halides is 3. The molecule has 27 heavy (non-hydrogen) atoms. The van der Waals surface area contributed by atoms with Gasteiger partial charge in [0.25, 0.3) is 0 Å². The van der Waals surface area contributed by atoms with E-state index in [1.807, 2.05) is 24.3 Å². The van der Waals surface area contributed by atoms with Crippen LogP contribution >= 0.6 is 0 Å². The molecule has 1 heterocycles. The van der Waals surface area contributed by atoms with Crippen LogP contribution in [0.15, 0.2) is 24.3 Å². The largest absolute Gasteiger partial charge is 0.394 e. The van der Waals surface area contributed by atoms with Crippen molar-refractivity contribution in [3.63, 3.8) is 0 Å².